The lowest BCUT2D eigenvalue weighted by Gasteiger charge is -2.25. The van der Waals surface area contributed by atoms with Crippen molar-refractivity contribution in [2.75, 3.05) is 11.4 Å². The molecule has 4 heteroatoms. The Morgan fingerprint density at radius 1 is 1.20 bits per heavy atom. The normalized spacial score (nSPS) is 10.1. The molecule has 0 radical (unpaired) electrons. The van der Waals surface area contributed by atoms with Gasteiger partial charge >= 0.3 is 0 Å². The van der Waals surface area contributed by atoms with Crippen LogP contribution >= 0.6 is 0 Å². The first-order valence-electron chi connectivity index (χ1n) is 6.33. The zero-order chi connectivity index (χ0) is 14.7. The highest BCUT2D eigenvalue weighted by Crippen LogP contribution is 2.32. The van der Waals surface area contributed by atoms with Crippen molar-refractivity contribution in [2.24, 2.45) is 0 Å². The van der Waals surface area contributed by atoms with E-state index in [1.54, 1.807) is 35.2 Å². The average Bonchev–Trinajstić information content (AvgIpc) is 2.44. The number of aromatic hydroxyl groups is 1. The SMILES string of the molecule is CCN(c1cc(O)ccc1C)c1ccc(C#N)cc1F. The molecule has 0 saturated carbocycles. The third-order valence-corrected chi connectivity index (χ3v) is 3.17. The van der Waals surface area contributed by atoms with Crippen LogP contribution in [-0.2, 0) is 0 Å². The van der Waals surface area contributed by atoms with Crippen molar-refractivity contribution in [3.63, 3.8) is 0 Å². The van der Waals surface area contributed by atoms with E-state index >= 15 is 0 Å². The van der Waals surface area contributed by atoms with Crippen molar-refractivity contribution >= 4 is 11.4 Å². The standard InChI is InChI=1S/C16H15FN2O/c1-3-19(16-9-13(20)6-4-11(16)2)15-7-5-12(10-18)8-14(15)17/h4-9,20H,3H2,1-2H3. The molecule has 0 aliphatic rings. The first-order valence-corrected chi connectivity index (χ1v) is 6.33. The van der Waals surface area contributed by atoms with E-state index in [0.29, 0.717) is 12.2 Å². The van der Waals surface area contributed by atoms with Crippen molar-refractivity contribution in [2.45, 2.75) is 13.8 Å². The van der Waals surface area contributed by atoms with Gasteiger partial charge in [-0.1, -0.05) is 6.07 Å². The summed E-state index contributed by atoms with van der Waals surface area (Å²) >= 11 is 0. The number of hydrogen-bond donors (Lipinski definition) is 1. The Kier molecular flexibility index (Phi) is 3.90. The minimum atomic E-state index is -0.450. The van der Waals surface area contributed by atoms with E-state index in [9.17, 15) is 9.50 Å². The zero-order valence-electron chi connectivity index (χ0n) is 11.4. The van der Waals surface area contributed by atoms with Gasteiger partial charge in [0.1, 0.15) is 11.6 Å². The highest BCUT2D eigenvalue weighted by Gasteiger charge is 2.15. The minimum absolute atomic E-state index is 0.137. The first-order chi connectivity index (χ1) is 9.56. The highest BCUT2D eigenvalue weighted by molar-refractivity contribution is 5.68. The van der Waals surface area contributed by atoms with Crippen LogP contribution in [0, 0.1) is 24.1 Å². The second-order valence-electron chi connectivity index (χ2n) is 4.49. The molecule has 0 bridgehead atoms. The summed E-state index contributed by atoms with van der Waals surface area (Å²) in [5.41, 5.74) is 2.36. The van der Waals surface area contributed by atoms with E-state index < -0.39 is 5.82 Å². The molecule has 1 N–H and O–H groups in total. The molecular formula is C16H15FN2O. The number of halogens is 1. The lowest BCUT2D eigenvalue weighted by molar-refractivity contribution is 0.475. The molecule has 0 unspecified atom stereocenters. The Labute approximate surface area is 117 Å². The predicted molar refractivity (Wildman–Crippen MR) is 76.6 cm³/mol. The van der Waals surface area contributed by atoms with Crippen LogP contribution in [0.4, 0.5) is 15.8 Å². The van der Waals surface area contributed by atoms with Gasteiger partial charge in [-0.25, -0.2) is 4.39 Å². The van der Waals surface area contributed by atoms with Gasteiger partial charge in [0.05, 0.1) is 17.3 Å². The molecule has 0 spiro atoms. The zero-order valence-corrected chi connectivity index (χ0v) is 11.4. The smallest absolute Gasteiger partial charge is 0.148 e. The molecule has 0 saturated heterocycles. The molecule has 102 valence electrons. The van der Waals surface area contributed by atoms with Gasteiger partial charge in [0.25, 0.3) is 0 Å². The second kappa shape index (κ2) is 5.62. The van der Waals surface area contributed by atoms with E-state index in [1.807, 2.05) is 19.9 Å². The van der Waals surface area contributed by atoms with Crippen molar-refractivity contribution < 1.29 is 9.50 Å². The third kappa shape index (κ3) is 2.57. The molecule has 0 amide bonds. The third-order valence-electron chi connectivity index (χ3n) is 3.17. The second-order valence-corrected chi connectivity index (χ2v) is 4.49. The van der Waals surface area contributed by atoms with E-state index in [2.05, 4.69) is 0 Å². The van der Waals surface area contributed by atoms with Crippen LogP contribution in [0.3, 0.4) is 0 Å². The molecule has 0 fully saturated rings. The van der Waals surface area contributed by atoms with Crippen LogP contribution in [-0.4, -0.2) is 11.7 Å². The van der Waals surface area contributed by atoms with Gasteiger partial charge < -0.3 is 10.0 Å². The summed E-state index contributed by atoms with van der Waals surface area (Å²) in [5.74, 6) is -0.313. The Balaban J connectivity index is 2.53. The molecule has 2 aromatic carbocycles. The van der Waals surface area contributed by atoms with E-state index in [0.717, 1.165) is 11.3 Å². The number of nitrogens with zero attached hydrogens (tertiary/aromatic N) is 2. The molecule has 20 heavy (non-hydrogen) atoms. The summed E-state index contributed by atoms with van der Waals surface area (Å²) in [4.78, 5) is 1.77. The molecule has 2 rings (SSSR count). The molecule has 0 atom stereocenters. The number of aryl methyl sites for hydroxylation is 1. The summed E-state index contributed by atoms with van der Waals surface area (Å²) in [6.07, 6.45) is 0. The lowest BCUT2D eigenvalue weighted by Crippen LogP contribution is -2.18. The van der Waals surface area contributed by atoms with Gasteiger partial charge in [-0.2, -0.15) is 5.26 Å². The van der Waals surface area contributed by atoms with Crippen LogP contribution in [0.2, 0.25) is 0 Å². The van der Waals surface area contributed by atoms with Gasteiger partial charge in [-0.15, -0.1) is 0 Å². The Morgan fingerprint density at radius 3 is 2.55 bits per heavy atom. The Bertz CT molecular complexity index is 677. The Hall–Kier alpha value is -2.54. The summed E-state index contributed by atoms with van der Waals surface area (Å²) in [7, 11) is 0. The largest absolute Gasteiger partial charge is 0.508 e. The van der Waals surface area contributed by atoms with E-state index in [-0.39, 0.29) is 11.3 Å². The van der Waals surface area contributed by atoms with Crippen molar-refractivity contribution in [1.82, 2.24) is 0 Å². The Morgan fingerprint density at radius 2 is 1.95 bits per heavy atom. The van der Waals surface area contributed by atoms with Crippen molar-refractivity contribution in [3.8, 4) is 11.8 Å². The number of hydrogen-bond acceptors (Lipinski definition) is 3. The molecule has 0 aliphatic heterocycles. The van der Waals surface area contributed by atoms with Crippen molar-refractivity contribution in [1.29, 1.82) is 5.26 Å². The highest BCUT2D eigenvalue weighted by atomic mass is 19.1. The maximum absolute atomic E-state index is 14.1. The van der Waals surface area contributed by atoms with Crippen LogP contribution in [0.1, 0.15) is 18.1 Å². The van der Waals surface area contributed by atoms with E-state index in [4.69, 9.17) is 5.26 Å². The fraction of sp³-hybridized carbons (Fsp3) is 0.188. The summed E-state index contributed by atoms with van der Waals surface area (Å²) in [5, 5.41) is 18.4. The summed E-state index contributed by atoms with van der Waals surface area (Å²) in [6.45, 7) is 4.35. The van der Waals surface area contributed by atoms with Crippen molar-refractivity contribution in [3.05, 3.63) is 53.3 Å². The molecule has 0 heterocycles. The topological polar surface area (TPSA) is 47.3 Å². The number of phenolic OH excluding ortho intramolecular Hbond substituents is 1. The molecule has 2 aromatic rings. The van der Waals surface area contributed by atoms with Crippen LogP contribution in [0.25, 0.3) is 0 Å². The van der Waals surface area contributed by atoms with Crippen LogP contribution in [0.5, 0.6) is 5.75 Å². The first kappa shape index (κ1) is 13.9. The monoisotopic (exact) mass is 270 g/mol. The maximum Gasteiger partial charge on any atom is 0.148 e. The van der Waals surface area contributed by atoms with Crippen LogP contribution < -0.4 is 4.90 Å². The number of phenols is 1. The molecule has 0 aromatic heterocycles. The predicted octanol–water partition coefficient (Wildman–Crippen LogP) is 3.87. The van der Waals surface area contributed by atoms with Crippen LogP contribution in [0.15, 0.2) is 36.4 Å². The quantitative estimate of drug-likeness (QED) is 0.921. The summed E-state index contributed by atoms with van der Waals surface area (Å²) < 4.78 is 14.1. The number of rotatable bonds is 3. The van der Waals surface area contributed by atoms with Gasteiger partial charge in [0.15, 0.2) is 0 Å². The van der Waals surface area contributed by atoms with Gasteiger partial charge in [0, 0.05) is 18.3 Å². The average molecular weight is 270 g/mol. The lowest BCUT2D eigenvalue weighted by atomic mass is 10.1. The van der Waals surface area contributed by atoms with Gasteiger partial charge in [-0.05, 0) is 43.7 Å². The van der Waals surface area contributed by atoms with Gasteiger partial charge in [-0.3, -0.25) is 0 Å². The molecule has 3 nitrogen and oxygen atoms in total. The molecular weight excluding hydrogens is 255 g/mol. The fourth-order valence-electron chi connectivity index (χ4n) is 2.15. The summed E-state index contributed by atoms with van der Waals surface area (Å²) in [6, 6.07) is 11.3. The van der Waals surface area contributed by atoms with E-state index in [1.165, 1.54) is 6.07 Å². The number of anilines is 2. The van der Waals surface area contributed by atoms with Gasteiger partial charge in [0.2, 0.25) is 0 Å². The fourth-order valence-corrected chi connectivity index (χ4v) is 2.15. The number of benzene rings is 2. The minimum Gasteiger partial charge on any atom is -0.508 e. The molecule has 0 aliphatic carbocycles. The maximum atomic E-state index is 14.1. The number of nitriles is 1.